The Labute approximate surface area is 191 Å². The van der Waals surface area contributed by atoms with Crippen molar-refractivity contribution in [1.82, 2.24) is 19.6 Å². The van der Waals surface area contributed by atoms with Crippen LogP contribution in [0.3, 0.4) is 0 Å². The van der Waals surface area contributed by atoms with Gasteiger partial charge in [0.1, 0.15) is 0 Å². The van der Waals surface area contributed by atoms with Gasteiger partial charge in [0.25, 0.3) is 0 Å². The number of amides is 1. The fourth-order valence-corrected chi connectivity index (χ4v) is 4.92. The van der Waals surface area contributed by atoms with Crippen molar-refractivity contribution in [1.29, 1.82) is 0 Å². The number of imidazole rings is 1. The van der Waals surface area contributed by atoms with Crippen LogP contribution in [0.15, 0.2) is 72.2 Å². The number of thiazole rings is 1. The van der Waals surface area contributed by atoms with E-state index in [-0.39, 0.29) is 12.0 Å². The molecule has 6 nitrogen and oxygen atoms in total. The molecule has 1 unspecified atom stereocenters. The smallest absolute Gasteiger partial charge is 0.226 e. The number of morpholine rings is 1. The Morgan fingerprint density at radius 3 is 2.72 bits per heavy atom. The van der Waals surface area contributed by atoms with Crippen molar-refractivity contribution in [2.24, 2.45) is 0 Å². The highest BCUT2D eigenvalue weighted by atomic mass is 32.1. The van der Waals surface area contributed by atoms with Crippen molar-refractivity contribution in [2.75, 3.05) is 26.2 Å². The van der Waals surface area contributed by atoms with E-state index in [1.165, 1.54) is 5.56 Å². The average Bonchev–Trinajstić information content (AvgIpc) is 3.41. The Balaban J connectivity index is 1.15. The molecule has 1 atom stereocenters. The van der Waals surface area contributed by atoms with Gasteiger partial charge < -0.3 is 10.1 Å². The standard InChI is InChI=1S/C25H26N4O2S/c30-24(26-14-22-16-28(11-12-31-22)15-19-7-3-1-4-8-19)13-21-18-32-25-27-23(17-29(21)25)20-9-5-2-6-10-20/h1-10,17-18,22H,11-16H2,(H,26,30). The van der Waals surface area contributed by atoms with Crippen LogP contribution in [0.4, 0.5) is 0 Å². The van der Waals surface area contributed by atoms with Gasteiger partial charge in [0, 0.05) is 49.0 Å². The van der Waals surface area contributed by atoms with Crippen molar-refractivity contribution in [3.8, 4) is 11.3 Å². The molecule has 1 amide bonds. The summed E-state index contributed by atoms with van der Waals surface area (Å²) in [4.78, 5) is 20.6. The van der Waals surface area contributed by atoms with Gasteiger partial charge in [-0.3, -0.25) is 14.1 Å². The predicted octanol–water partition coefficient (Wildman–Crippen LogP) is 3.62. The number of benzene rings is 2. The second kappa shape index (κ2) is 9.65. The number of carbonyl (C=O) groups is 1. The largest absolute Gasteiger partial charge is 0.374 e. The molecule has 32 heavy (non-hydrogen) atoms. The monoisotopic (exact) mass is 446 g/mol. The molecule has 1 saturated heterocycles. The van der Waals surface area contributed by atoms with E-state index in [0.717, 1.165) is 41.5 Å². The third kappa shape index (κ3) is 4.91. The molecule has 7 heteroatoms. The molecule has 1 N–H and O–H groups in total. The van der Waals surface area contributed by atoms with Crippen molar-refractivity contribution < 1.29 is 9.53 Å². The zero-order valence-electron chi connectivity index (χ0n) is 17.8. The maximum absolute atomic E-state index is 12.6. The minimum absolute atomic E-state index is 0.00319. The van der Waals surface area contributed by atoms with Crippen LogP contribution in [0.25, 0.3) is 16.2 Å². The number of rotatable bonds is 7. The number of nitrogens with one attached hydrogen (secondary N) is 1. The van der Waals surface area contributed by atoms with Crippen molar-refractivity contribution in [3.05, 3.63) is 83.5 Å². The average molecular weight is 447 g/mol. The molecular weight excluding hydrogens is 420 g/mol. The molecule has 0 bridgehead atoms. The van der Waals surface area contributed by atoms with Crippen LogP contribution < -0.4 is 5.32 Å². The summed E-state index contributed by atoms with van der Waals surface area (Å²) in [6.07, 6.45) is 2.34. The molecule has 5 rings (SSSR count). The lowest BCUT2D eigenvalue weighted by atomic mass is 10.2. The number of carbonyl (C=O) groups excluding carboxylic acids is 1. The van der Waals surface area contributed by atoms with E-state index in [0.29, 0.717) is 19.6 Å². The zero-order chi connectivity index (χ0) is 21.8. The number of ether oxygens (including phenoxy) is 1. The maximum Gasteiger partial charge on any atom is 0.226 e. The quantitative estimate of drug-likeness (QED) is 0.471. The summed E-state index contributed by atoms with van der Waals surface area (Å²) in [6.45, 7) is 3.86. The van der Waals surface area contributed by atoms with Gasteiger partial charge in [0.05, 0.1) is 24.8 Å². The van der Waals surface area contributed by atoms with Gasteiger partial charge in [-0.15, -0.1) is 11.3 Å². The number of hydrogen-bond donors (Lipinski definition) is 1. The SMILES string of the molecule is O=C(Cc1csc2nc(-c3ccccc3)cn12)NCC1CN(Cc2ccccc2)CCO1. The highest BCUT2D eigenvalue weighted by molar-refractivity contribution is 7.15. The second-order valence-corrected chi connectivity index (χ2v) is 8.90. The van der Waals surface area contributed by atoms with Gasteiger partial charge in [-0.05, 0) is 5.56 Å². The number of fused-ring (bicyclic) bond motifs is 1. The fourth-order valence-electron chi connectivity index (χ4n) is 4.05. The van der Waals surface area contributed by atoms with E-state index in [4.69, 9.17) is 9.72 Å². The molecule has 0 radical (unpaired) electrons. The Morgan fingerprint density at radius 2 is 1.91 bits per heavy atom. The Bertz CT molecular complexity index is 1170. The number of aromatic nitrogens is 2. The fraction of sp³-hybridized carbons (Fsp3) is 0.280. The lowest BCUT2D eigenvalue weighted by Gasteiger charge is -2.33. The number of nitrogens with zero attached hydrogens (tertiary/aromatic N) is 3. The van der Waals surface area contributed by atoms with Gasteiger partial charge in [0.2, 0.25) is 5.91 Å². The van der Waals surface area contributed by atoms with Crippen LogP contribution in [0.2, 0.25) is 0 Å². The Hall–Kier alpha value is -3.00. The lowest BCUT2D eigenvalue weighted by Crippen LogP contribution is -2.47. The third-order valence-electron chi connectivity index (χ3n) is 5.69. The molecule has 1 aliphatic rings. The van der Waals surface area contributed by atoms with Crippen molar-refractivity contribution in [2.45, 2.75) is 19.1 Å². The van der Waals surface area contributed by atoms with Gasteiger partial charge in [-0.1, -0.05) is 60.7 Å². The molecule has 0 spiro atoms. The first-order valence-corrected chi connectivity index (χ1v) is 11.8. The van der Waals surface area contributed by atoms with Crippen LogP contribution >= 0.6 is 11.3 Å². The molecule has 2 aromatic heterocycles. The molecule has 0 saturated carbocycles. The van der Waals surface area contributed by atoms with Crippen LogP contribution in [0, 0.1) is 0 Å². The van der Waals surface area contributed by atoms with Crippen LogP contribution in [-0.4, -0.2) is 52.5 Å². The summed E-state index contributed by atoms with van der Waals surface area (Å²) >= 11 is 1.56. The topological polar surface area (TPSA) is 58.9 Å². The molecule has 3 heterocycles. The molecule has 1 aliphatic heterocycles. The van der Waals surface area contributed by atoms with Crippen LogP contribution in [-0.2, 0) is 22.5 Å². The van der Waals surface area contributed by atoms with Gasteiger partial charge >= 0.3 is 0 Å². The molecule has 1 fully saturated rings. The first kappa shape index (κ1) is 20.9. The maximum atomic E-state index is 12.6. The normalized spacial score (nSPS) is 16.9. The Kier molecular flexibility index (Phi) is 6.29. The van der Waals surface area contributed by atoms with E-state index in [2.05, 4.69) is 34.5 Å². The van der Waals surface area contributed by atoms with Crippen LogP contribution in [0.5, 0.6) is 0 Å². The molecule has 0 aliphatic carbocycles. The van der Waals surface area contributed by atoms with E-state index < -0.39 is 0 Å². The first-order chi connectivity index (χ1) is 15.7. The lowest BCUT2D eigenvalue weighted by molar-refractivity contribution is -0.121. The molecule has 164 valence electrons. The summed E-state index contributed by atoms with van der Waals surface area (Å²) in [5.41, 5.74) is 4.25. The van der Waals surface area contributed by atoms with E-state index in [9.17, 15) is 4.79 Å². The van der Waals surface area contributed by atoms with E-state index >= 15 is 0 Å². The number of hydrogen-bond acceptors (Lipinski definition) is 5. The van der Waals surface area contributed by atoms with Crippen molar-refractivity contribution in [3.63, 3.8) is 0 Å². The van der Waals surface area contributed by atoms with Gasteiger partial charge in [0.15, 0.2) is 4.96 Å². The van der Waals surface area contributed by atoms with E-state index in [1.807, 2.05) is 52.4 Å². The molecule has 2 aromatic carbocycles. The zero-order valence-corrected chi connectivity index (χ0v) is 18.6. The summed E-state index contributed by atoms with van der Waals surface area (Å²) < 4.78 is 7.90. The molecular formula is C25H26N4O2S. The minimum Gasteiger partial charge on any atom is -0.374 e. The Morgan fingerprint density at radius 1 is 1.12 bits per heavy atom. The predicted molar refractivity (Wildman–Crippen MR) is 127 cm³/mol. The summed E-state index contributed by atoms with van der Waals surface area (Å²) in [5.74, 6) is 0.00319. The van der Waals surface area contributed by atoms with Gasteiger partial charge in [-0.2, -0.15) is 0 Å². The summed E-state index contributed by atoms with van der Waals surface area (Å²) in [7, 11) is 0. The van der Waals surface area contributed by atoms with Gasteiger partial charge in [-0.25, -0.2) is 4.98 Å². The summed E-state index contributed by atoms with van der Waals surface area (Å²) in [6, 6.07) is 20.6. The third-order valence-corrected chi connectivity index (χ3v) is 6.58. The first-order valence-electron chi connectivity index (χ1n) is 10.9. The van der Waals surface area contributed by atoms with Crippen molar-refractivity contribution >= 4 is 22.2 Å². The molecule has 4 aromatic rings. The van der Waals surface area contributed by atoms with Crippen LogP contribution in [0.1, 0.15) is 11.3 Å². The second-order valence-electron chi connectivity index (χ2n) is 8.07. The minimum atomic E-state index is 0.00319. The summed E-state index contributed by atoms with van der Waals surface area (Å²) in [5, 5.41) is 5.07. The highest BCUT2D eigenvalue weighted by Gasteiger charge is 2.21. The highest BCUT2D eigenvalue weighted by Crippen LogP contribution is 2.23. The van der Waals surface area contributed by atoms with E-state index in [1.54, 1.807) is 11.3 Å².